The number of aryl methyl sites for hydroxylation is 1. The van der Waals surface area contributed by atoms with Crippen molar-refractivity contribution in [1.82, 2.24) is 19.9 Å². The summed E-state index contributed by atoms with van der Waals surface area (Å²) in [6.07, 6.45) is 7.88. The quantitative estimate of drug-likeness (QED) is 0.862. The van der Waals surface area contributed by atoms with Crippen LogP contribution in [0, 0.1) is 18.8 Å². The maximum atomic E-state index is 4.53. The molecule has 24 heavy (non-hydrogen) atoms. The molecule has 2 atom stereocenters. The molecule has 2 aromatic rings. The van der Waals surface area contributed by atoms with Crippen molar-refractivity contribution >= 4 is 11.6 Å². The first-order valence-corrected chi connectivity index (χ1v) is 8.86. The van der Waals surface area contributed by atoms with E-state index in [1.165, 1.54) is 24.1 Å². The first kappa shape index (κ1) is 14.1. The van der Waals surface area contributed by atoms with E-state index in [-0.39, 0.29) is 0 Å². The lowest BCUT2D eigenvalue weighted by molar-refractivity contribution is 0.533. The first-order valence-electron chi connectivity index (χ1n) is 8.86. The molecule has 0 bridgehead atoms. The molecule has 124 valence electrons. The van der Waals surface area contributed by atoms with E-state index in [0.717, 1.165) is 37.8 Å². The molecule has 2 aliphatic heterocycles. The van der Waals surface area contributed by atoms with Gasteiger partial charge in [-0.05, 0) is 19.8 Å². The molecule has 0 aromatic carbocycles. The Balaban J connectivity index is 1.30. The summed E-state index contributed by atoms with van der Waals surface area (Å²) in [5, 5.41) is 0. The number of hydrogen-bond donors (Lipinski definition) is 0. The minimum absolute atomic E-state index is 0.685. The van der Waals surface area contributed by atoms with Gasteiger partial charge in [-0.15, -0.1) is 0 Å². The molecule has 2 aromatic heterocycles. The van der Waals surface area contributed by atoms with Gasteiger partial charge in [0.15, 0.2) is 0 Å². The third kappa shape index (κ3) is 2.41. The minimum Gasteiger partial charge on any atom is -0.356 e. The Kier molecular flexibility index (Phi) is 3.18. The van der Waals surface area contributed by atoms with Crippen molar-refractivity contribution < 1.29 is 0 Å². The number of nitrogens with zero attached hydrogens (tertiary/aromatic N) is 6. The highest BCUT2D eigenvalue weighted by Gasteiger charge is 2.41. The van der Waals surface area contributed by atoms with Crippen molar-refractivity contribution in [2.45, 2.75) is 25.7 Å². The fourth-order valence-electron chi connectivity index (χ4n) is 4.21. The van der Waals surface area contributed by atoms with E-state index in [9.17, 15) is 0 Å². The normalized spacial score (nSPS) is 26.0. The molecule has 3 fully saturated rings. The molecule has 0 spiro atoms. The minimum atomic E-state index is 0.685. The lowest BCUT2D eigenvalue weighted by Crippen LogP contribution is -2.30. The van der Waals surface area contributed by atoms with Crippen LogP contribution in [0.15, 0.2) is 24.9 Å². The van der Waals surface area contributed by atoms with E-state index < -0.39 is 0 Å². The highest BCUT2D eigenvalue weighted by Crippen LogP contribution is 2.40. The Morgan fingerprint density at radius 1 is 0.917 bits per heavy atom. The standard InChI is InChI=1S/C18H22N6/c1-12-5-19-10-22-18(12)24-8-14-6-23(7-15(14)9-24)17-4-16(13-2-3-13)20-11-21-17/h4-5,10-11,13-15H,2-3,6-9H2,1H3. The molecule has 0 radical (unpaired) electrons. The van der Waals surface area contributed by atoms with Crippen LogP contribution in [-0.2, 0) is 0 Å². The molecule has 0 amide bonds. The van der Waals surface area contributed by atoms with Crippen LogP contribution in [0.25, 0.3) is 0 Å². The van der Waals surface area contributed by atoms with Crippen LogP contribution in [0.1, 0.15) is 30.0 Å². The number of aromatic nitrogens is 4. The molecule has 2 saturated heterocycles. The van der Waals surface area contributed by atoms with Crippen LogP contribution in [-0.4, -0.2) is 46.1 Å². The average Bonchev–Trinajstić information content (AvgIpc) is 3.26. The van der Waals surface area contributed by atoms with Crippen molar-refractivity contribution in [3.05, 3.63) is 36.2 Å². The summed E-state index contributed by atoms with van der Waals surface area (Å²) in [5.74, 6) is 4.29. The summed E-state index contributed by atoms with van der Waals surface area (Å²) < 4.78 is 0. The van der Waals surface area contributed by atoms with E-state index in [2.05, 4.69) is 42.7 Å². The van der Waals surface area contributed by atoms with E-state index >= 15 is 0 Å². The molecule has 1 saturated carbocycles. The Morgan fingerprint density at radius 2 is 1.67 bits per heavy atom. The Hall–Kier alpha value is -2.24. The molecule has 4 heterocycles. The molecular formula is C18H22N6. The molecule has 6 heteroatoms. The SMILES string of the molecule is Cc1cncnc1N1CC2CN(c3cc(C4CC4)ncn3)CC2C1. The summed E-state index contributed by atoms with van der Waals surface area (Å²) in [4.78, 5) is 22.4. The number of anilines is 2. The topological polar surface area (TPSA) is 58.0 Å². The van der Waals surface area contributed by atoms with Gasteiger partial charge in [0.2, 0.25) is 0 Å². The fraction of sp³-hybridized carbons (Fsp3) is 0.556. The number of fused-ring (bicyclic) bond motifs is 1. The third-order valence-electron chi connectivity index (χ3n) is 5.65. The van der Waals surface area contributed by atoms with Crippen molar-refractivity contribution in [3.8, 4) is 0 Å². The largest absolute Gasteiger partial charge is 0.356 e. The van der Waals surface area contributed by atoms with E-state index in [0.29, 0.717) is 17.8 Å². The fourth-order valence-corrected chi connectivity index (χ4v) is 4.21. The molecule has 2 unspecified atom stereocenters. The first-order chi connectivity index (χ1) is 11.8. The van der Waals surface area contributed by atoms with Gasteiger partial charge in [-0.3, -0.25) is 0 Å². The monoisotopic (exact) mass is 322 g/mol. The predicted molar refractivity (Wildman–Crippen MR) is 92.2 cm³/mol. The second-order valence-electron chi connectivity index (χ2n) is 7.43. The summed E-state index contributed by atoms with van der Waals surface area (Å²) >= 11 is 0. The highest BCUT2D eigenvalue weighted by molar-refractivity contribution is 5.48. The van der Waals surface area contributed by atoms with Gasteiger partial charge in [-0.1, -0.05) is 0 Å². The Morgan fingerprint density at radius 3 is 2.38 bits per heavy atom. The van der Waals surface area contributed by atoms with Crippen molar-refractivity contribution in [3.63, 3.8) is 0 Å². The van der Waals surface area contributed by atoms with E-state index in [1.54, 1.807) is 12.7 Å². The zero-order valence-corrected chi connectivity index (χ0v) is 14.0. The number of rotatable bonds is 3. The van der Waals surface area contributed by atoms with Crippen molar-refractivity contribution in [1.29, 1.82) is 0 Å². The second kappa shape index (κ2) is 5.40. The Labute approximate surface area is 142 Å². The molecule has 3 aliphatic rings. The number of hydrogen-bond acceptors (Lipinski definition) is 6. The van der Waals surface area contributed by atoms with E-state index in [4.69, 9.17) is 0 Å². The second-order valence-corrected chi connectivity index (χ2v) is 7.43. The van der Waals surface area contributed by atoms with Gasteiger partial charge in [0.05, 0.1) is 0 Å². The zero-order valence-electron chi connectivity index (χ0n) is 14.0. The molecule has 6 nitrogen and oxygen atoms in total. The predicted octanol–water partition coefficient (Wildman–Crippen LogP) is 2.03. The molecule has 1 aliphatic carbocycles. The van der Waals surface area contributed by atoms with Crippen molar-refractivity contribution in [2.75, 3.05) is 36.0 Å². The van der Waals surface area contributed by atoms with Crippen LogP contribution >= 0.6 is 0 Å². The maximum absolute atomic E-state index is 4.53. The van der Waals surface area contributed by atoms with Gasteiger partial charge in [0.1, 0.15) is 24.3 Å². The van der Waals surface area contributed by atoms with Gasteiger partial charge in [0.25, 0.3) is 0 Å². The lowest BCUT2D eigenvalue weighted by Gasteiger charge is -2.24. The summed E-state index contributed by atoms with van der Waals surface area (Å²) in [6, 6.07) is 2.21. The average molecular weight is 322 g/mol. The lowest BCUT2D eigenvalue weighted by atomic mass is 10.0. The molecular weight excluding hydrogens is 300 g/mol. The van der Waals surface area contributed by atoms with Crippen LogP contribution in [0.5, 0.6) is 0 Å². The van der Waals surface area contributed by atoms with Crippen molar-refractivity contribution in [2.24, 2.45) is 11.8 Å². The van der Waals surface area contributed by atoms with Crippen LogP contribution in [0.3, 0.4) is 0 Å². The zero-order chi connectivity index (χ0) is 16.1. The smallest absolute Gasteiger partial charge is 0.134 e. The van der Waals surface area contributed by atoms with Gasteiger partial charge < -0.3 is 9.80 Å². The summed E-state index contributed by atoms with van der Waals surface area (Å²) in [7, 11) is 0. The van der Waals surface area contributed by atoms with Crippen LogP contribution in [0.2, 0.25) is 0 Å². The van der Waals surface area contributed by atoms with Crippen LogP contribution in [0.4, 0.5) is 11.6 Å². The highest BCUT2D eigenvalue weighted by atomic mass is 15.3. The molecule has 5 rings (SSSR count). The third-order valence-corrected chi connectivity index (χ3v) is 5.65. The van der Waals surface area contributed by atoms with Gasteiger partial charge in [-0.2, -0.15) is 0 Å². The Bertz CT molecular complexity index is 745. The molecule has 0 N–H and O–H groups in total. The van der Waals surface area contributed by atoms with Gasteiger partial charge in [0, 0.05) is 67.5 Å². The van der Waals surface area contributed by atoms with Crippen LogP contribution < -0.4 is 9.80 Å². The van der Waals surface area contributed by atoms with Gasteiger partial charge in [-0.25, -0.2) is 19.9 Å². The summed E-state index contributed by atoms with van der Waals surface area (Å²) in [6.45, 7) is 6.44. The van der Waals surface area contributed by atoms with Gasteiger partial charge >= 0.3 is 0 Å². The summed E-state index contributed by atoms with van der Waals surface area (Å²) in [5.41, 5.74) is 2.40. The van der Waals surface area contributed by atoms with E-state index in [1.807, 2.05) is 6.20 Å². The maximum Gasteiger partial charge on any atom is 0.134 e.